The number of nitriles is 1. The molecular formula is C32H37N8O4+. The summed E-state index contributed by atoms with van der Waals surface area (Å²) in [6.45, 7) is 5.39. The van der Waals surface area contributed by atoms with Crippen LogP contribution in [0.15, 0.2) is 47.5 Å². The van der Waals surface area contributed by atoms with Gasteiger partial charge in [0.05, 0.1) is 30.5 Å². The number of amides is 1. The van der Waals surface area contributed by atoms with Gasteiger partial charge in [-0.25, -0.2) is 9.98 Å². The van der Waals surface area contributed by atoms with Crippen LogP contribution in [0.3, 0.4) is 0 Å². The molecule has 12 nitrogen and oxygen atoms in total. The zero-order chi connectivity index (χ0) is 30.0. The Kier molecular flexibility index (Phi) is 7.93. The van der Waals surface area contributed by atoms with E-state index in [-0.39, 0.29) is 24.1 Å². The van der Waals surface area contributed by atoms with Crippen molar-refractivity contribution < 1.29 is 19.4 Å². The lowest BCUT2D eigenvalue weighted by molar-refractivity contribution is -0.140. The van der Waals surface area contributed by atoms with Crippen molar-refractivity contribution in [3.8, 4) is 11.8 Å². The number of nitrogens with one attached hydrogen (secondary N) is 2. The Hall–Kier alpha value is -4.40. The molecule has 228 valence electrons. The third-order valence-corrected chi connectivity index (χ3v) is 9.34. The molecule has 44 heavy (non-hydrogen) atoms. The zero-order valence-corrected chi connectivity index (χ0v) is 24.6. The smallest absolute Gasteiger partial charge is 0.406 e. The molecule has 1 amide bonds. The molecule has 5 aliphatic heterocycles. The summed E-state index contributed by atoms with van der Waals surface area (Å²) in [5, 5.41) is 25.8. The zero-order valence-electron chi connectivity index (χ0n) is 24.6. The highest BCUT2D eigenvalue weighted by atomic mass is 16.5. The average molecular weight is 598 g/mol. The van der Waals surface area contributed by atoms with E-state index in [1.807, 2.05) is 29.2 Å². The predicted molar refractivity (Wildman–Crippen MR) is 167 cm³/mol. The molecule has 0 aromatic heterocycles. The summed E-state index contributed by atoms with van der Waals surface area (Å²) >= 11 is 0. The van der Waals surface area contributed by atoms with Crippen LogP contribution in [0, 0.1) is 11.3 Å². The highest BCUT2D eigenvalue weighted by Crippen LogP contribution is 2.38. The highest BCUT2D eigenvalue weighted by Gasteiger charge is 2.43. The number of hydrogen-bond acceptors (Lipinski definition) is 10. The average Bonchev–Trinajstić information content (AvgIpc) is 3.30. The Morgan fingerprint density at radius 3 is 2.50 bits per heavy atom. The number of carbonyl (C=O) groups is 1. The predicted octanol–water partition coefficient (Wildman–Crippen LogP) is 0.886. The molecule has 12 heteroatoms. The summed E-state index contributed by atoms with van der Waals surface area (Å²) in [5.41, 5.74) is 3.27. The quantitative estimate of drug-likeness (QED) is 0.397. The van der Waals surface area contributed by atoms with Crippen molar-refractivity contribution in [3.05, 3.63) is 53.6 Å². The molecule has 2 unspecified atom stereocenters. The normalized spacial score (nSPS) is 25.0. The van der Waals surface area contributed by atoms with Crippen LogP contribution in [-0.4, -0.2) is 109 Å². The number of rotatable bonds is 7. The van der Waals surface area contributed by atoms with Gasteiger partial charge in [-0.1, -0.05) is 4.99 Å². The molecular weight excluding hydrogens is 560 g/mol. The van der Waals surface area contributed by atoms with Crippen LogP contribution in [0.25, 0.3) is 0 Å². The molecule has 0 spiro atoms. The minimum absolute atomic E-state index is 0.0733. The van der Waals surface area contributed by atoms with Crippen molar-refractivity contribution >= 4 is 35.4 Å². The van der Waals surface area contributed by atoms with Gasteiger partial charge in [0.15, 0.2) is 0 Å². The van der Waals surface area contributed by atoms with E-state index in [1.165, 1.54) is 12.0 Å². The van der Waals surface area contributed by atoms with E-state index in [0.29, 0.717) is 42.0 Å². The Balaban J connectivity index is 0.946. The van der Waals surface area contributed by atoms with E-state index in [1.54, 1.807) is 6.07 Å². The van der Waals surface area contributed by atoms with Gasteiger partial charge in [0.25, 0.3) is 6.34 Å². The lowest BCUT2D eigenvalue weighted by Gasteiger charge is -2.43. The van der Waals surface area contributed by atoms with Gasteiger partial charge in [0, 0.05) is 62.4 Å². The number of amidine groups is 1. The van der Waals surface area contributed by atoms with Crippen molar-refractivity contribution in [1.82, 2.24) is 19.8 Å². The number of ether oxygens (including phenoxy) is 2. The monoisotopic (exact) mass is 597 g/mol. The number of nitrogens with zero attached hydrogens (tertiary/aromatic N) is 6. The van der Waals surface area contributed by atoms with Crippen LogP contribution >= 0.6 is 0 Å². The number of fused-ring (bicyclic) bond motifs is 2. The maximum atomic E-state index is 12.2. The second kappa shape index (κ2) is 12.3. The SMILES string of the molecule is N#Cc1cc(C2=NC=[N+]=C(Nc3ccc(N4CCN(C5COC5)CC4)cc3)N2)ccc1OC1CC2CCC(C1)N2C(=O)CO. The van der Waals surface area contributed by atoms with Crippen LogP contribution in [0.4, 0.5) is 11.4 Å². The molecule has 0 saturated carbocycles. The number of anilines is 2. The molecule has 2 aromatic rings. The van der Waals surface area contributed by atoms with E-state index in [2.05, 4.69) is 48.3 Å². The van der Waals surface area contributed by atoms with Crippen molar-refractivity contribution in [2.75, 3.05) is 56.2 Å². The largest absolute Gasteiger partial charge is 0.489 e. The molecule has 4 fully saturated rings. The Bertz CT molecular complexity index is 1520. The standard InChI is InChI=1S/C32H36N8O4/c33-16-22-13-21(1-8-29(22)44-28-14-25-6-7-26(15-28)40(25)30(42)17-41)31-34-20-35-32(37-31)36-23-2-4-24(5-3-23)38-9-11-39(12-10-38)27-18-43-19-27/h1-5,8,13,20,25-28,41H,6-7,9-12,14-15,17-19H2,(H,34,35,36,37)/p+1. The van der Waals surface area contributed by atoms with Gasteiger partial charge >= 0.3 is 5.96 Å². The first-order chi connectivity index (χ1) is 21.6. The number of piperazine rings is 1. The van der Waals surface area contributed by atoms with Gasteiger partial charge in [0.1, 0.15) is 24.5 Å². The summed E-state index contributed by atoms with van der Waals surface area (Å²) in [6.07, 6.45) is 4.61. The molecule has 7 rings (SSSR count). The number of aliphatic imine (C=N–C) groups is 1. The number of piperidine rings is 1. The molecule has 0 radical (unpaired) electrons. The van der Waals surface area contributed by atoms with E-state index < -0.39 is 6.61 Å². The van der Waals surface area contributed by atoms with Crippen LogP contribution in [-0.2, 0) is 9.53 Å². The maximum absolute atomic E-state index is 12.2. The van der Waals surface area contributed by atoms with Crippen molar-refractivity contribution in [1.29, 1.82) is 5.26 Å². The lowest BCUT2D eigenvalue weighted by atomic mass is 9.99. The number of hydrogen-bond donors (Lipinski definition) is 3. The summed E-state index contributed by atoms with van der Waals surface area (Å²) in [5.74, 6) is 1.42. The van der Waals surface area contributed by atoms with Gasteiger partial charge in [-0.3, -0.25) is 15.0 Å². The highest BCUT2D eigenvalue weighted by molar-refractivity contribution is 6.16. The summed E-state index contributed by atoms with van der Waals surface area (Å²) in [6, 6.07) is 16.8. The Morgan fingerprint density at radius 2 is 1.84 bits per heavy atom. The second-order valence-electron chi connectivity index (χ2n) is 12.0. The number of benzene rings is 2. The molecule has 2 bridgehead atoms. The molecule has 5 aliphatic rings. The van der Waals surface area contributed by atoms with E-state index >= 15 is 0 Å². The van der Waals surface area contributed by atoms with Gasteiger partial charge in [-0.05, 0) is 55.3 Å². The fraction of sp³-hybridized carbons (Fsp3) is 0.469. The fourth-order valence-electron chi connectivity index (χ4n) is 6.96. The topological polar surface area (TPSA) is 140 Å². The van der Waals surface area contributed by atoms with Gasteiger partial charge in [-0.15, -0.1) is 0 Å². The first kappa shape index (κ1) is 28.4. The fourth-order valence-corrected chi connectivity index (χ4v) is 6.96. The molecule has 3 N–H and O–H groups in total. The Morgan fingerprint density at radius 1 is 1.09 bits per heavy atom. The molecule has 2 atom stereocenters. The third kappa shape index (κ3) is 5.75. The second-order valence-corrected chi connectivity index (χ2v) is 12.0. The lowest BCUT2D eigenvalue weighted by Crippen LogP contribution is -2.56. The van der Waals surface area contributed by atoms with Crippen LogP contribution in [0.1, 0.15) is 36.8 Å². The summed E-state index contributed by atoms with van der Waals surface area (Å²) in [4.78, 5) is 23.3. The van der Waals surface area contributed by atoms with Crippen molar-refractivity contribution in [3.63, 3.8) is 0 Å². The number of aliphatic hydroxyl groups is 1. The van der Waals surface area contributed by atoms with Crippen LogP contribution in [0.2, 0.25) is 0 Å². The minimum Gasteiger partial charge on any atom is -0.489 e. The molecule has 2 aromatic carbocycles. The third-order valence-electron chi connectivity index (χ3n) is 9.34. The number of carbonyl (C=O) groups excluding carboxylic acids is 1. The van der Waals surface area contributed by atoms with Crippen LogP contribution < -0.4 is 24.9 Å². The van der Waals surface area contributed by atoms with E-state index in [4.69, 9.17) is 9.47 Å². The molecule has 4 saturated heterocycles. The van der Waals surface area contributed by atoms with E-state index in [9.17, 15) is 15.2 Å². The first-order valence-corrected chi connectivity index (χ1v) is 15.4. The summed E-state index contributed by atoms with van der Waals surface area (Å²) in [7, 11) is 0. The number of aliphatic hydroxyl groups excluding tert-OH is 1. The van der Waals surface area contributed by atoms with Crippen molar-refractivity contribution in [2.24, 2.45) is 4.99 Å². The van der Waals surface area contributed by atoms with Crippen LogP contribution in [0.5, 0.6) is 5.75 Å². The molecule has 0 aliphatic carbocycles. The van der Waals surface area contributed by atoms with Crippen molar-refractivity contribution in [2.45, 2.75) is 49.9 Å². The minimum atomic E-state index is -0.461. The van der Waals surface area contributed by atoms with Gasteiger partial charge < -0.3 is 24.4 Å². The van der Waals surface area contributed by atoms with Gasteiger partial charge in [-0.2, -0.15) is 5.26 Å². The Labute approximate surface area is 256 Å². The molecule has 5 heterocycles. The maximum Gasteiger partial charge on any atom is 0.406 e. The van der Waals surface area contributed by atoms with E-state index in [0.717, 1.165) is 63.5 Å². The first-order valence-electron chi connectivity index (χ1n) is 15.4. The number of guanidine groups is 1. The summed E-state index contributed by atoms with van der Waals surface area (Å²) < 4.78 is 16.0. The van der Waals surface area contributed by atoms with Gasteiger partial charge in [0.2, 0.25) is 11.7 Å².